The van der Waals surface area contributed by atoms with E-state index < -0.39 is 39.7 Å². The van der Waals surface area contributed by atoms with E-state index in [-0.39, 0.29) is 41.1 Å². The van der Waals surface area contributed by atoms with Crippen molar-refractivity contribution in [2.24, 2.45) is 5.92 Å². The second-order valence-corrected chi connectivity index (χ2v) is 12.5. The number of hydrogen-bond donors (Lipinski definition) is 2. The van der Waals surface area contributed by atoms with Crippen LogP contribution in [0.3, 0.4) is 0 Å². The van der Waals surface area contributed by atoms with Gasteiger partial charge in [0.2, 0.25) is 15.9 Å². The lowest BCUT2D eigenvalue weighted by molar-refractivity contribution is -0.129. The fourth-order valence-electron chi connectivity index (χ4n) is 4.64. The zero-order valence-electron chi connectivity index (χ0n) is 22.5. The molecule has 2 amide bonds. The SMILES string of the molecule is COc1cccc2cc(C(=O)NC(CC(C)C)C(=O)N[C@H]3CCCN(S(=O)(=O)c4cccc(Cl)c4)CC3=O)oc12. The van der Waals surface area contributed by atoms with Gasteiger partial charge in [0.15, 0.2) is 22.9 Å². The summed E-state index contributed by atoms with van der Waals surface area (Å²) in [7, 11) is -2.45. The van der Waals surface area contributed by atoms with E-state index in [2.05, 4.69) is 10.6 Å². The lowest BCUT2D eigenvalue weighted by atomic mass is 10.0. The van der Waals surface area contributed by atoms with Crippen molar-refractivity contribution >= 4 is 50.2 Å². The lowest BCUT2D eigenvalue weighted by Gasteiger charge is -2.23. The van der Waals surface area contributed by atoms with Gasteiger partial charge in [-0.3, -0.25) is 14.4 Å². The molecule has 1 fully saturated rings. The molecule has 2 heterocycles. The number of nitrogens with zero attached hydrogens (tertiary/aromatic N) is 1. The predicted octanol–water partition coefficient (Wildman–Crippen LogP) is 3.78. The van der Waals surface area contributed by atoms with E-state index in [0.717, 1.165) is 4.31 Å². The number of para-hydroxylation sites is 1. The van der Waals surface area contributed by atoms with Crippen LogP contribution in [0, 0.1) is 5.92 Å². The Balaban J connectivity index is 1.46. The number of Topliss-reactive ketones (excluding diaryl/α,β-unsaturated/α-hetero) is 1. The number of nitrogens with one attached hydrogen (secondary N) is 2. The lowest BCUT2D eigenvalue weighted by Crippen LogP contribution is -2.52. The maximum absolute atomic E-state index is 13.3. The minimum absolute atomic E-state index is 0.00166. The van der Waals surface area contributed by atoms with Gasteiger partial charge >= 0.3 is 0 Å². The Hall–Kier alpha value is -3.41. The Morgan fingerprint density at radius 2 is 1.93 bits per heavy atom. The summed E-state index contributed by atoms with van der Waals surface area (Å²) in [6.07, 6.45) is 0.938. The highest BCUT2D eigenvalue weighted by atomic mass is 35.5. The van der Waals surface area contributed by atoms with E-state index in [0.29, 0.717) is 29.6 Å². The summed E-state index contributed by atoms with van der Waals surface area (Å²) in [5.41, 5.74) is 0.418. The van der Waals surface area contributed by atoms with Gasteiger partial charge in [-0.25, -0.2) is 8.42 Å². The number of fused-ring (bicyclic) bond motifs is 1. The van der Waals surface area contributed by atoms with Gasteiger partial charge in [0, 0.05) is 17.0 Å². The van der Waals surface area contributed by atoms with Crippen LogP contribution in [0.4, 0.5) is 0 Å². The van der Waals surface area contributed by atoms with Crippen LogP contribution in [-0.4, -0.2) is 62.6 Å². The van der Waals surface area contributed by atoms with Crippen LogP contribution in [0.15, 0.2) is 57.8 Å². The summed E-state index contributed by atoms with van der Waals surface area (Å²) < 4.78 is 38.4. The van der Waals surface area contributed by atoms with Crippen molar-refractivity contribution < 1.29 is 32.0 Å². The first kappa shape index (κ1) is 29.6. The second-order valence-electron chi connectivity index (χ2n) is 10.1. The van der Waals surface area contributed by atoms with Gasteiger partial charge < -0.3 is 19.8 Å². The quantitative estimate of drug-likeness (QED) is 0.388. The van der Waals surface area contributed by atoms with Crippen molar-refractivity contribution in [3.63, 3.8) is 0 Å². The van der Waals surface area contributed by atoms with Crippen molar-refractivity contribution in [2.45, 2.75) is 50.1 Å². The first-order valence-corrected chi connectivity index (χ1v) is 14.8. The molecule has 214 valence electrons. The third-order valence-corrected chi connectivity index (χ3v) is 8.73. The molecule has 4 rings (SSSR count). The Kier molecular flexibility index (Phi) is 9.17. The van der Waals surface area contributed by atoms with E-state index >= 15 is 0 Å². The molecule has 3 aromatic rings. The Bertz CT molecular complexity index is 1520. The molecule has 0 saturated carbocycles. The summed E-state index contributed by atoms with van der Waals surface area (Å²) in [6.45, 7) is 3.55. The molecule has 0 aliphatic carbocycles. The van der Waals surface area contributed by atoms with Crippen LogP contribution < -0.4 is 15.4 Å². The van der Waals surface area contributed by atoms with Crippen LogP contribution in [0.1, 0.15) is 43.7 Å². The third-order valence-electron chi connectivity index (χ3n) is 6.65. The van der Waals surface area contributed by atoms with E-state index in [9.17, 15) is 22.8 Å². The maximum Gasteiger partial charge on any atom is 0.287 e. The summed E-state index contributed by atoms with van der Waals surface area (Å²) >= 11 is 5.97. The summed E-state index contributed by atoms with van der Waals surface area (Å²) in [5.74, 6) is -0.990. The largest absolute Gasteiger partial charge is 0.493 e. The zero-order valence-corrected chi connectivity index (χ0v) is 24.0. The number of carbonyl (C=O) groups excluding carboxylic acids is 3. The number of hydrogen-bond acceptors (Lipinski definition) is 7. The van der Waals surface area contributed by atoms with Crippen LogP contribution in [-0.2, 0) is 19.6 Å². The molecule has 2 N–H and O–H groups in total. The molecular formula is C28H32ClN3O7S. The fraction of sp³-hybridized carbons (Fsp3) is 0.393. The number of sulfonamides is 1. The van der Waals surface area contributed by atoms with Gasteiger partial charge in [0.25, 0.3) is 5.91 Å². The van der Waals surface area contributed by atoms with Crippen LogP contribution in [0.5, 0.6) is 5.75 Å². The normalized spacial score (nSPS) is 17.4. The van der Waals surface area contributed by atoms with Crippen LogP contribution in [0.2, 0.25) is 5.02 Å². The van der Waals surface area contributed by atoms with Crippen molar-refractivity contribution in [1.29, 1.82) is 0 Å². The van der Waals surface area contributed by atoms with Crippen molar-refractivity contribution in [3.05, 3.63) is 59.3 Å². The van der Waals surface area contributed by atoms with Crippen molar-refractivity contribution in [3.8, 4) is 5.75 Å². The smallest absolute Gasteiger partial charge is 0.287 e. The summed E-state index contributed by atoms with van der Waals surface area (Å²) in [6, 6.07) is 10.9. The van der Waals surface area contributed by atoms with E-state index in [1.807, 2.05) is 13.8 Å². The molecule has 0 bridgehead atoms. The molecule has 1 saturated heterocycles. The summed E-state index contributed by atoms with van der Waals surface area (Å²) in [5, 5.41) is 6.41. The number of furan rings is 1. The first-order valence-electron chi connectivity index (χ1n) is 13.0. The highest BCUT2D eigenvalue weighted by Gasteiger charge is 2.34. The van der Waals surface area contributed by atoms with Crippen molar-refractivity contribution in [2.75, 3.05) is 20.2 Å². The van der Waals surface area contributed by atoms with E-state index in [4.69, 9.17) is 20.8 Å². The number of carbonyl (C=O) groups is 3. The second kappa shape index (κ2) is 12.4. The average Bonchev–Trinajstić information content (AvgIpc) is 3.27. The highest BCUT2D eigenvalue weighted by molar-refractivity contribution is 7.89. The first-order chi connectivity index (χ1) is 19.0. The number of benzene rings is 2. The van der Waals surface area contributed by atoms with E-state index in [1.165, 1.54) is 25.3 Å². The number of methoxy groups -OCH3 is 1. The minimum atomic E-state index is -3.95. The molecule has 0 radical (unpaired) electrons. The average molecular weight is 590 g/mol. The van der Waals surface area contributed by atoms with Gasteiger partial charge in [0.05, 0.1) is 24.6 Å². The van der Waals surface area contributed by atoms with Gasteiger partial charge in [-0.1, -0.05) is 43.6 Å². The molecule has 1 aromatic heterocycles. The molecule has 0 spiro atoms. The van der Waals surface area contributed by atoms with Gasteiger partial charge in [-0.15, -0.1) is 0 Å². The molecule has 1 aliphatic rings. The van der Waals surface area contributed by atoms with Gasteiger partial charge in [-0.2, -0.15) is 4.31 Å². The molecular weight excluding hydrogens is 558 g/mol. The molecule has 2 aromatic carbocycles. The van der Waals surface area contributed by atoms with Crippen molar-refractivity contribution in [1.82, 2.24) is 14.9 Å². The molecule has 2 atom stereocenters. The zero-order chi connectivity index (χ0) is 29.0. The Labute approximate surface area is 238 Å². The van der Waals surface area contributed by atoms with Gasteiger partial charge in [0.1, 0.15) is 6.04 Å². The number of rotatable bonds is 9. The maximum atomic E-state index is 13.3. The monoisotopic (exact) mass is 589 g/mol. The summed E-state index contributed by atoms with van der Waals surface area (Å²) in [4.78, 5) is 39.5. The third kappa shape index (κ3) is 6.65. The minimum Gasteiger partial charge on any atom is -0.493 e. The topological polar surface area (TPSA) is 135 Å². The number of amides is 2. The standard InChI is InChI=1S/C28H32ClN3O7S/c1-17(2)13-22(31-28(35)25-14-18-7-4-11-24(38-3)26(18)39-25)27(34)30-21-10-6-12-32(16-23(21)33)40(36,37)20-9-5-8-19(29)15-20/h4-5,7-9,11,14-15,17,21-22H,6,10,12-13,16H2,1-3H3,(H,30,34)(H,31,35)/t21-,22?/m0/s1. The van der Waals surface area contributed by atoms with E-state index in [1.54, 1.807) is 30.3 Å². The molecule has 40 heavy (non-hydrogen) atoms. The van der Waals surface area contributed by atoms with Crippen LogP contribution >= 0.6 is 11.6 Å². The molecule has 1 unspecified atom stereocenters. The number of ketones is 1. The number of halogens is 1. The van der Waals surface area contributed by atoms with Crippen LogP contribution in [0.25, 0.3) is 11.0 Å². The Morgan fingerprint density at radius 3 is 2.62 bits per heavy atom. The molecule has 10 nitrogen and oxygen atoms in total. The predicted molar refractivity (Wildman–Crippen MR) is 150 cm³/mol. The Morgan fingerprint density at radius 1 is 1.18 bits per heavy atom. The molecule has 12 heteroatoms. The molecule has 1 aliphatic heterocycles. The highest BCUT2D eigenvalue weighted by Crippen LogP contribution is 2.28. The number of ether oxygens (including phenoxy) is 1. The fourth-order valence-corrected chi connectivity index (χ4v) is 6.39. The van der Waals surface area contributed by atoms with Gasteiger partial charge in [-0.05, 0) is 55.5 Å².